The number of carbonyl (C=O) groups is 1. The van der Waals surface area contributed by atoms with Crippen LogP contribution < -0.4 is 10.2 Å². The van der Waals surface area contributed by atoms with Gasteiger partial charge in [0, 0.05) is 38.6 Å². The van der Waals surface area contributed by atoms with Crippen molar-refractivity contribution in [3.05, 3.63) is 47.9 Å². The third-order valence-corrected chi connectivity index (χ3v) is 4.99. The molecule has 1 aliphatic heterocycles. The molecule has 1 aliphatic carbocycles. The van der Waals surface area contributed by atoms with Crippen LogP contribution in [0.2, 0.25) is 0 Å². The fourth-order valence-electron chi connectivity index (χ4n) is 3.31. The Labute approximate surface area is 147 Å². The summed E-state index contributed by atoms with van der Waals surface area (Å²) in [4.78, 5) is 25.2. The van der Waals surface area contributed by atoms with E-state index in [1.165, 1.54) is 24.0 Å². The van der Waals surface area contributed by atoms with E-state index in [0.717, 1.165) is 18.8 Å². The highest BCUT2D eigenvalue weighted by atomic mass is 16.2. The summed E-state index contributed by atoms with van der Waals surface area (Å²) in [5.41, 5.74) is 3.65. The molecule has 25 heavy (non-hydrogen) atoms. The molecule has 2 fully saturated rings. The van der Waals surface area contributed by atoms with Crippen LogP contribution in [-0.2, 0) is 0 Å². The molecule has 0 radical (unpaired) electrons. The predicted octanol–water partition coefficient (Wildman–Crippen LogP) is 3.02. The zero-order valence-electron chi connectivity index (χ0n) is 14.5. The number of piperazine rings is 1. The first kappa shape index (κ1) is 15.9. The lowest BCUT2D eigenvalue weighted by atomic mass is 10.2. The highest BCUT2D eigenvalue weighted by molar-refractivity contribution is 5.88. The van der Waals surface area contributed by atoms with Crippen LogP contribution in [0.4, 0.5) is 16.3 Å². The smallest absolute Gasteiger partial charge is 0.323 e. The van der Waals surface area contributed by atoms with Gasteiger partial charge in [-0.25, -0.2) is 9.78 Å². The van der Waals surface area contributed by atoms with Gasteiger partial charge in [-0.1, -0.05) is 0 Å². The number of anilines is 2. The molecule has 0 spiro atoms. The lowest BCUT2D eigenvalue weighted by Crippen LogP contribution is -2.50. The van der Waals surface area contributed by atoms with Gasteiger partial charge >= 0.3 is 6.03 Å². The Kier molecular flexibility index (Phi) is 4.26. The van der Waals surface area contributed by atoms with E-state index < -0.39 is 0 Å². The topological polar surface area (TPSA) is 61.4 Å². The molecule has 0 bridgehead atoms. The maximum Gasteiger partial charge on any atom is 0.323 e. The van der Waals surface area contributed by atoms with E-state index in [-0.39, 0.29) is 6.03 Å². The average Bonchev–Trinajstić information content (AvgIpc) is 3.48. The molecule has 6 nitrogen and oxygen atoms in total. The summed E-state index contributed by atoms with van der Waals surface area (Å²) in [6.45, 7) is 5.12. The molecule has 1 N–H and O–H groups in total. The second-order valence-corrected chi connectivity index (χ2v) is 6.82. The third kappa shape index (κ3) is 3.57. The van der Waals surface area contributed by atoms with Crippen LogP contribution in [0.1, 0.15) is 29.9 Å². The summed E-state index contributed by atoms with van der Waals surface area (Å²) in [5, 5.41) is 2.95. The van der Waals surface area contributed by atoms with Crippen molar-refractivity contribution >= 4 is 17.5 Å². The number of pyridine rings is 2. The van der Waals surface area contributed by atoms with Gasteiger partial charge in [0.05, 0.1) is 11.9 Å². The summed E-state index contributed by atoms with van der Waals surface area (Å²) in [7, 11) is 0. The van der Waals surface area contributed by atoms with Crippen LogP contribution >= 0.6 is 0 Å². The third-order valence-electron chi connectivity index (χ3n) is 4.99. The molecule has 1 saturated heterocycles. The molecule has 6 heteroatoms. The molecule has 0 atom stereocenters. The molecule has 0 unspecified atom stereocenters. The lowest BCUT2D eigenvalue weighted by Gasteiger charge is -2.36. The van der Waals surface area contributed by atoms with Crippen LogP contribution in [0.3, 0.4) is 0 Å². The Balaban J connectivity index is 1.35. The molecular formula is C19H23N5O. The summed E-state index contributed by atoms with van der Waals surface area (Å²) < 4.78 is 0. The van der Waals surface area contributed by atoms with Crippen molar-refractivity contribution in [2.24, 2.45) is 0 Å². The summed E-state index contributed by atoms with van der Waals surface area (Å²) in [5.74, 6) is 1.31. The van der Waals surface area contributed by atoms with Crippen molar-refractivity contribution in [3.8, 4) is 0 Å². The average molecular weight is 337 g/mol. The number of aryl methyl sites for hydroxylation is 1. The Morgan fingerprint density at radius 3 is 2.68 bits per heavy atom. The first-order valence-electron chi connectivity index (χ1n) is 8.88. The molecule has 0 aromatic carbocycles. The van der Waals surface area contributed by atoms with Crippen molar-refractivity contribution in [3.63, 3.8) is 0 Å². The summed E-state index contributed by atoms with van der Waals surface area (Å²) >= 11 is 0. The molecule has 1 saturated carbocycles. The van der Waals surface area contributed by atoms with Gasteiger partial charge in [0.25, 0.3) is 0 Å². The van der Waals surface area contributed by atoms with Gasteiger partial charge in [-0.3, -0.25) is 10.3 Å². The fourth-order valence-corrected chi connectivity index (χ4v) is 3.31. The Bertz CT molecular complexity index is 766. The predicted molar refractivity (Wildman–Crippen MR) is 98.0 cm³/mol. The SMILES string of the molecule is Cc1ccncc1N1CCN(C(=O)Nc2cc(C3CC3)ccn2)CC1. The monoisotopic (exact) mass is 337 g/mol. The second kappa shape index (κ2) is 6.70. The van der Waals surface area contributed by atoms with Crippen molar-refractivity contribution < 1.29 is 4.79 Å². The highest BCUT2D eigenvalue weighted by Crippen LogP contribution is 2.40. The van der Waals surface area contributed by atoms with E-state index in [0.29, 0.717) is 24.8 Å². The molecule has 2 aliphatic rings. The highest BCUT2D eigenvalue weighted by Gasteiger charge is 2.25. The van der Waals surface area contributed by atoms with Gasteiger partial charge in [-0.2, -0.15) is 0 Å². The zero-order valence-corrected chi connectivity index (χ0v) is 14.5. The Morgan fingerprint density at radius 1 is 1.16 bits per heavy atom. The molecule has 2 amide bonds. The van der Waals surface area contributed by atoms with Gasteiger partial charge in [0.2, 0.25) is 0 Å². The molecule has 4 rings (SSSR count). The van der Waals surface area contributed by atoms with Crippen molar-refractivity contribution in [2.75, 3.05) is 36.4 Å². The van der Waals surface area contributed by atoms with E-state index in [9.17, 15) is 4.79 Å². The van der Waals surface area contributed by atoms with Crippen molar-refractivity contribution in [1.29, 1.82) is 0 Å². The number of hydrogen-bond donors (Lipinski definition) is 1. The van der Waals surface area contributed by atoms with Crippen molar-refractivity contribution in [1.82, 2.24) is 14.9 Å². The van der Waals surface area contributed by atoms with Crippen LogP contribution in [0.25, 0.3) is 0 Å². The number of nitrogens with one attached hydrogen (secondary N) is 1. The van der Waals surface area contributed by atoms with Crippen molar-refractivity contribution in [2.45, 2.75) is 25.7 Å². The summed E-state index contributed by atoms with van der Waals surface area (Å²) in [6, 6.07) is 6.00. The van der Waals surface area contributed by atoms with Gasteiger partial charge in [-0.05, 0) is 55.0 Å². The Morgan fingerprint density at radius 2 is 1.96 bits per heavy atom. The number of aromatic nitrogens is 2. The molecule has 130 valence electrons. The molecule has 3 heterocycles. The Hall–Kier alpha value is -2.63. The second-order valence-electron chi connectivity index (χ2n) is 6.82. The van der Waals surface area contributed by atoms with E-state index >= 15 is 0 Å². The maximum atomic E-state index is 12.5. The number of amides is 2. The number of hydrogen-bond acceptors (Lipinski definition) is 4. The minimum absolute atomic E-state index is 0.0667. The largest absolute Gasteiger partial charge is 0.367 e. The van der Waals surface area contributed by atoms with E-state index in [1.807, 2.05) is 35.5 Å². The molecule has 2 aromatic heterocycles. The van der Waals surface area contributed by atoms with Gasteiger partial charge in [-0.15, -0.1) is 0 Å². The first-order chi connectivity index (χ1) is 12.2. The number of urea groups is 1. The summed E-state index contributed by atoms with van der Waals surface area (Å²) in [6.07, 6.45) is 7.98. The number of carbonyl (C=O) groups excluding carboxylic acids is 1. The first-order valence-corrected chi connectivity index (χ1v) is 8.88. The molecular weight excluding hydrogens is 314 g/mol. The zero-order chi connectivity index (χ0) is 17.2. The van der Waals surface area contributed by atoms with E-state index in [4.69, 9.17) is 0 Å². The van der Waals surface area contributed by atoms with E-state index in [1.54, 1.807) is 6.20 Å². The van der Waals surface area contributed by atoms with Gasteiger partial charge in [0.15, 0.2) is 0 Å². The number of nitrogens with zero attached hydrogens (tertiary/aromatic N) is 4. The van der Waals surface area contributed by atoms with Crippen LogP contribution in [0.15, 0.2) is 36.8 Å². The minimum atomic E-state index is -0.0667. The number of rotatable bonds is 3. The standard InChI is InChI=1S/C19H23N5O/c1-14-4-6-20-13-17(14)23-8-10-24(11-9-23)19(25)22-18-12-16(5-7-21-18)15-2-3-15/h4-7,12-13,15H,2-3,8-11H2,1H3,(H,21,22,25). The quantitative estimate of drug-likeness (QED) is 0.935. The normalized spacial score (nSPS) is 17.5. The van der Waals surface area contributed by atoms with Gasteiger partial charge in [0.1, 0.15) is 5.82 Å². The van der Waals surface area contributed by atoms with Gasteiger partial charge < -0.3 is 9.80 Å². The van der Waals surface area contributed by atoms with E-state index in [2.05, 4.69) is 27.1 Å². The van der Waals surface area contributed by atoms with Crippen LogP contribution in [0, 0.1) is 6.92 Å². The van der Waals surface area contributed by atoms with Crippen LogP contribution in [0.5, 0.6) is 0 Å². The lowest BCUT2D eigenvalue weighted by molar-refractivity contribution is 0.208. The van der Waals surface area contributed by atoms with Crippen LogP contribution in [-0.4, -0.2) is 47.1 Å². The molecule has 2 aromatic rings. The minimum Gasteiger partial charge on any atom is -0.367 e. The fraction of sp³-hybridized carbons (Fsp3) is 0.421. The maximum absolute atomic E-state index is 12.5.